The maximum absolute atomic E-state index is 13.7. The first kappa shape index (κ1) is 16.9. The second-order valence-corrected chi connectivity index (χ2v) is 5.81. The van der Waals surface area contributed by atoms with Crippen LogP contribution in [0.25, 0.3) is 0 Å². The van der Waals surface area contributed by atoms with Gasteiger partial charge in [0.05, 0.1) is 5.69 Å². The maximum Gasteiger partial charge on any atom is 0.255 e. The van der Waals surface area contributed by atoms with Gasteiger partial charge in [-0.15, -0.1) is 0 Å². The van der Waals surface area contributed by atoms with E-state index in [9.17, 15) is 9.18 Å². The lowest BCUT2D eigenvalue weighted by Crippen LogP contribution is -2.13. The topological polar surface area (TPSA) is 54.0 Å². The van der Waals surface area contributed by atoms with E-state index in [0.717, 1.165) is 5.56 Å². The summed E-state index contributed by atoms with van der Waals surface area (Å²) in [6.45, 7) is 1.83. The van der Waals surface area contributed by atoms with Crippen molar-refractivity contribution >= 4 is 34.7 Å². The Morgan fingerprint density at radius 2 is 1.84 bits per heavy atom. The van der Waals surface area contributed by atoms with Crippen LogP contribution in [0.15, 0.2) is 60.8 Å². The molecule has 126 valence electrons. The Labute approximate surface area is 149 Å². The number of amides is 1. The number of halogens is 2. The van der Waals surface area contributed by atoms with Crippen LogP contribution in [0.2, 0.25) is 5.02 Å². The minimum atomic E-state index is -0.395. The van der Waals surface area contributed by atoms with Crippen LogP contribution < -0.4 is 10.6 Å². The number of hydrogen-bond acceptors (Lipinski definition) is 3. The number of para-hydroxylation sites is 1. The molecule has 25 heavy (non-hydrogen) atoms. The molecule has 0 aliphatic carbocycles. The van der Waals surface area contributed by atoms with Gasteiger partial charge in [-0.3, -0.25) is 4.79 Å². The molecule has 3 rings (SSSR count). The van der Waals surface area contributed by atoms with Crippen LogP contribution in [-0.4, -0.2) is 10.9 Å². The number of carbonyl (C=O) groups is 1. The summed E-state index contributed by atoms with van der Waals surface area (Å²) < 4.78 is 13.7. The average molecular weight is 356 g/mol. The molecular weight excluding hydrogens is 341 g/mol. The molecule has 1 heterocycles. The normalized spacial score (nSPS) is 10.4. The third kappa shape index (κ3) is 3.95. The van der Waals surface area contributed by atoms with Crippen molar-refractivity contribution < 1.29 is 9.18 Å². The molecule has 4 nitrogen and oxygen atoms in total. The quantitative estimate of drug-likeness (QED) is 0.678. The van der Waals surface area contributed by atoms with Crippen LogP contribution in [0, 0.1) is 12.7 Å². The summed E-state index contributed by atoms with van der Waals surface area (Å²) in [5.41, 5.74) is 2.11. The average Bonchev–Trinajstić information content (AvgIpc) is 2.61. The van der Waals surface area contributed by atoms with E-state index in [2.05, 4.69) is 15.6 Å². The fourth-order valence-electron chi connectivity index (χ4n) is 2.28. The van der Waals surface area contributed by atoms with Gasteiger partial charge in [-0.1, -0.05) is 29.8 Å². The van der Waals surface area contributed by atoms with E-state index in [1.165, 1.54) is 12.3 Å². The second-order valence-electron chi connectivity index (χ2n) is 5.40. The SMILES string of the molecule is Cc1c(Cl)cccc1NC(=O)c1ccnc(Nc2ccccc2F)c1. The zero-order valence-electron chi connectivity index (χ0n) is 13.4. The van der Waals surface area contributed by atoms with Crippen LogP contribution >= 0.6 is 11.6 Å². The molecule has 0 saturated heterocycles. The third-order valence-corrected chi connectivity index (χ3v) is 4.08. The Hall–Kier alpha value is -2.92. The highest BCUT2D eigenvalue weighted by atomic mass is 35.5. The van der Waals surface area contributed by atoms with E-state index in [-0.39, 0.29) is 5.91 Å². The van der Waals surface area contributed by atoms with Crippen LogP contribution in [0.4, 0.5) is 21.6 Å². The molecule has 0 atom stereocenters. The highest BCUT2D eigenvalue weighted by Crippen LogP contribution is 2.24. The number of hydrogen-bond donors (Lipinski definition) is 2. The number of nitrogens with zero attached hydrogens (tertiary/aromatic N) is 1. The molecule has 2 aromatic carbocycles. The predicted octanol–water partition coefficient (Wildman–Crippen LogP) is 5.18. The van der Waals surface area contributed by atoms with Gasteiger partial charge in [-0.2, -0.15) is 0 Å². The van der Waals surface area contributed by atoms with Crippen molar-refractivity contribution in [1.82, 2.24) is 4.98 Å². The standard InChI is InChI=1S/C19H15ClFN3O/c1-12-14(20)5-4-8-16(12)24-19(25)13-9-10-22-18(11-13)23-17-7-3-2-6-15(17)21/h2-11H,1H3,(H,22,23)(H,24,25). The van der Waals surface area contributed by atoms with Crippen LogP contribution in [0.1, 0.15) is 15.9 Å². The van der Waals surface area contributed by atoms with Gasteiger partial charge in [0.2, 0.25) is 0 Å². The first-order chi connectivity index (χ1) is 12.0. The first-order valence-electron chi connectivity index (χ1n) is 7.58. The molecule has 0 spiro atoms. The van der Waals surface area contributed by atoms with Gasteiger partial charge in [0.15, 0.2) is 0 Å². The number of aromatic nitrogens is 1. The number of pyridine rings is 1. The molecule has 0 aliphatic heterocycles. The Morgan fingerprint density at radius 3 is 2.64 bits per heavy atom. The van der Waals surface area contributed by atoms with E-state index in [1.807, 2.05) is 6.92 Å². The van der Waals surface area contributed by atoms with Gasteiger partial charge in [0.1, 0.15) is 11.6 Å². The van der Waals surface area contributed by atoms with Crippen molar-refractivity contribution in [3.05, 3.63) is 82.8 Å². The molecule has 6 heteroatoms. The lowest BCUT2D eigenvalue weighted by atomic mass is 10.2. The largest absolute Gasteiger partial charge is 0.338 e. The van der Waals surface area contributed by atoms with Crippen molar-refractivity contribution in [1.29, 1.82) is 0 Å². The lowest BCUT2D eigenvalue weighted by molar-refractivity contribution is 0.102. The number of anilines is 3. The van der Waals surface area contributed by atoms with Crippen molar-refractivity contribution in [2.45, 2.75) is 6.92 Å². The molecule has 2 N–H and O–H groups in total. The smallest absolute Gasteiger partial charge is 0.255 e. The van der Waals surface area contributed by atoms with E-state index in [1.54, 1.807) is 48.5 Å². The molecule has 0 radical (unpaired) electrons. The monoisotopic (exact) mass is 355 g/mol. The summed E-state index contributed by atoms with van der Waals surface area (Å²) in [6.07, 6.45) is 1.49. The second kappa shape index (κ2) is 7.32. The van der Waals surface area contributed by atoms with Crippen molar-refractivity contribution in [3.63, 3.8) is 0 Å². The summed E-state index contributed by atoms with van der Waals surface area (Å²) in [5.74, 6) is -0.321. The number of carbonyl (C=O) groups excluding carboxylic acids is 1. The molecule has 1 amide bonds. The Kier molecular flexibility index (Phi) is 4.95. The van der Waals surface area contributed by atoms with Crippen LogP contribution in [0.5, 0.6) is 0 Å². The number of benzene rings is 2. The molecule has 0 unspecified atom stereocenters. The van der Waals surface area contributed by atoms with Crippen molar-refractivity contribution in [2.75, 3.05) is 10.6 Å². The van der Waals surface area contributed by atoms with Gasteiger partial charge in [-0.05, 0) is 48.9 Å². The van der Waals surface area contributed by atoms with E-state index in [0.29, 0.717) is 27.8 Å². The molecule has 3 aromatic rings. The minimum Gasteiger partial charge on any atom is -0.338 e. The molecular formula is C19H15ClFN3O. The van der Waals surface area contributed by atoms with E-state index >= 15 is 0 Å². The summed E-state index contributed by atoms with van der Waals surface area (Å²) in [7, 11) is 0. The molecule has 1 aromatic heterocycles. The summed E-state index contributed by atoms with van der Waals surface area (Å²) in [6, 6.07) is 14.7. The van der Waals surface area contributed by atoms with Gasteiger partial charge in [-0.25, -0.2) is 9.37 Å². The number of rotatable bonds is 4. The summed E-state index contributed by atoms with van der Waals surface area (Å²) >= 11 is 6.07. The highest BCUT2D eigenvalue weighted by Gasteiger charge is 2.11. The molecule has 0 saturated carbocycles. The zero-order valence-corrected chi connectivity index (χ0v) is 14.1. The van der Waals surface area contributed by atoms with Crippen LogP contribution in [0.3, 0.4) is 0 Å². The first-order valence-corrected chi connectivity index (χ1v) is 7.96. The van der Waals surface area contributed by atoms with E-state index in [4.69, 9.17) is 11.6 Å². The fraction of sp³-hybridized carbons (Fsp3) is 0.0526. The predicted molar refractivity (Wildman–Crippen MR) is 98.1 cm³/mol. The Bertz CT molecular complexity index is 930. The summed E-state index contributed by atoms with van der Waals surface area (Å²) in [4.78, 5) is 16.6. The zero-order chi connectivity index (χ0) is 17.8. The van der Waals surface area contributed by atoms with Gasteiger partial charge >= 0.3 is 0 Å². The lowest BCUT2D eigenvalue weighted by Gasteiger charge is -2.11. The van der Waals surface area contributed by atoms with Gasteiger partial charge in [0.25, 0.3) is 5.91 Å². The molecule has 0 bridgehead atoms. The number of nitrogens with one attached hydrogen (secondary N) is 2. The fourth-order valence-corrected chi connectivity index (χ4v) is 2.45. The van der Waals surface area contributed by atoms with Gasteiger partial charge < -0.3 is 10.6 Å². The van der Waals surface area contributed by atoms with Crippen LogP contribution in [-0.2, 0) is 0 Å². The van der Waals surface area contributed by atoms with Crippen molar-refractivity contribution in [2.24, 2.45) is 0 Å². The Morgan fingerprint density at radius 1 is 1.08 bits per heavy atom. The minimum absolute atomic E-state index is 0.290. The highest BCUT2D eigenvalue weighted by molar-refractivity contribution is 6.31. The maximum atomic E-state index is 13.7. The molecule has 0 fully saturated rings. The Balaban J connectivity index is 1.80. The third-order valence-electron chi connectivity index (χ3n) is 3.67. The summed E-state index contributed by atoms with van der Waals surface area (Å²) in [5, 5.41) is 6.26. The van der Waals surface area contributed by atoms with Crippen molar-refractivity contribution in [3.8, 4) is 0 Å². The van der Waals surface area contributed by atoms with Gasteiger partial charge in [0, 0.05) is 22.5 Å². The van der Waals surface area contributed by atoms with E-state index < -0.39 is 5.82 Å². The molecule has 0 aliphatic rings.